The van der Waals surface area contributed by atoms with Crippen molar-refractivity contribution in [3.8, 4) is 5.75 Å². The quantitative estimate of drug-likeness (QED) is 0.841. The van der Waals surface area contributed by atoms with E-state index in [1.54, 1.807) is 7.11 Å². The molecule has 0 aromatic heterocycles. The molecule has 4 nitrogen and oxygen atoms in total. The Morgan fingerprint density at radius 3 is 2.35 bits per heavy atom. The number of ether oxygens (including phenoxy) is 1. The minimum atomic E-state index is 0.00282. The van der Waals surface area contributed by atoms with Crippen LogP contribution in [0.4, 0.5) is 0 Å². The summed E-state index contributed by atoms with van der Waals surface area (Å²) in [5.41, 5.74) is 1.12. The molecule has 0 spiro atoms. The van der Waals surface area contributed by atoms with Gasteiger partial charge in [-0.2, -0.15) is 0 Å². The van der Waals surface area contributed by atoms with Crippen molar-refractivity contribution in [2.24, 2.45) is 0 Å². The predicted molar refractivity (Wildman–Crippen MR) is 81.9 cm³/mol. The third-order valence-corrected chi connectivity index (χ3v) is 3.00. The molecule has 2 N–H and O–H groups in total. The first-order valence-electron chi connectivity index (χ1n) is 7.00. The first-order chi connectivity index (χ1) is 9.31. The number of hydrogen-bond donors (Lipinski definition) is 2. The topological polar surface area (TPSA) is 50.4 Å². The second-order valence-electron chi connectivity index (χ2n) is 5.99. The van der Waals surface area contributed by atoms with E-state index in [-0.39, 0.29) is 17.5 Å². The zero-order valence-corrected chi connectivity index (χ0v) is 13.1. The van der Waals surface area contributed by atoms with Crippen molar-refractivity contribution in [2.45, 2.75) is 45.7 Å². The van der Waals surface area contributed by atoms with Crippen LogP contribution in [-0.4, -0.2) is 25.1 Å². The third kappa shape index (κ3) is 6.06. The maximum Gasteiger partial charge on any atom is 0.221 e. The summed E-state index contributed by atoms with van der Waals surface area (Å²) in [6, 6.07) is 7.75. The molecule has 1 rings (SSSR count). The van der Waals surface area contributed by atoms with E-state index >= 15 is 0 Å². The van der Waals surface area contributed by atoms with Crippen molar-refractivity contribution in [3.63, 3.8) is 0 Å². The minimum Gasteiger partial charge on any atom is -0.497 e. The summed E-state index contributed by atoms with van der Waals surface area (Å²) in [7, 11) is 1.64. The summed E-state index contributed by atoms with van der Waals surface area (Å²) in [4.78, 5) is 11.9. The Bertz CT molecular complexity index is 421. The lowest BCUT2D eigenvalue weighted by atomic mass is 10.1. The standard InChI is InChI=1S/C16H26N2O2/c1-12(13-6-8-14(20-5)9-7-13)18-15(19)10-11-17-16(2,3)4/h6-9,12,17H,10-11H2,1-5H3,(H,18,19)/t12-/m0/s1. The molecule has 0 aliphatic rings. The molecule has 0 bridgehead atoms. The van der Waals surface area contributed by atoms with Crippen molar-refractivity contribution in [1.29, 1.82) is 0 Å². The predicted octanol–water partition coefficient (Wildman–Crippen LogP) is 2.65. The van der Waals surface area contributed by atoms with E-state index in [9.17, 15) is 4.79 Å². The van der Waals surface area contributed by atoms with Crippen LogP contribution in [0.15, 0.2) is 24.3 Å². The molecule has 0 aliphatic heterocycles. The summed E-state index contributed by atoms with van der Waals surface area (Å²) in [6.45, 7) is 8.93. The molecule has 1 atom stereocenters. The van der Waals surface area contributed by atoms with Gasteiger partial charge in [-0.3, -0.25) is 4.79 Å². The van der Waals surface area contributed by atoms with Crippen molar-refractivity contribution in [2.75, 3.05) is 13.7 Å². The maximum absolute atomic E-state index is 11.9. The van der Waals surface area contributed by atoms with Gasteiger partial charge in [-0.05, 0) is 45.4 Å². The summed E-state index contributed by atoms with van der Waals surface area (Å²) in [5, 5.41) is 6.30. The molecule has 1 aromatic carbocycles. The molecule has 0 saturated heterocycles. The van der Waals surface area contributed by atoms with Gasteiger partial charge in [-0.15, -0.1) is 0 Å². The van der Waals surface area contributed by atoms with Crippen LogP contribution in [0.2, 0.25) is 0 Å². The van der Waals surface area contributed by atoms with Gasteiger partial charge in [0.05, 0.1) is 13.2 Å². The molecule has 0 aliphatic carbocycles. The lowest BCUT2D eigenvalue weighted by Crippen LogP contribution is -2.38. The van der Waals surface area contributed by atoms with Crippen LogP contribution in [0, 0.1) is 0 Å². The highest BCUT2D eigenvalue weighted by Crippen LogP contribution is 2.17. The molecule has 0 heterocycles. The zero-order chi connectivity index (χ0) is 15.2. The average molecular weight is 278 g/mol. The Balaban J connectivity index is 2.40. The van der Waals surface area contributed by atoms with E-state index in [1.165, 1.54) is 0 Å². The summed E-state index contributed by atoms with van der Waals surface area (Å²) < 4.78 is 5.12. The van der Waals surface area contributed by atoms with Crippen LogP contribution in [0.3, 0.4) is 0 Å². The number of amides is 1. The van der Waals surface area contributed by atoms with Crippen LogP contribution in [-0.2, 0) is 4.79 Å². The van der Waals surface area contributed by atoms with Crippen LogP contribution in [0.25, 0.3) is 0 Å². The zero-order valence-electron chi connectivity index (χ0n) is 13.1. The number of methoxy groups -OCH3 is 1. The van der Waals surface area contributed by atoms with Gasteiger partial charge in [0.25, 0.3) is 0 Å². The molecule has 1 aromatic rings. The minimum absolute atomic E-state index is 0.00282. The summed E-state index contributed by atoms with van der Waals surface area (Å²) in [6.07, 6.45) is 0.484. The lowest BCUT2D eigenvalue weighted by Gasteiger charge is -2.21. The first-order valence-corrected chi connectivity index (χ1v) is 7.00. The normalized spacial score (nSPS) is 12.8. The van der Waals surface area contributed by atoms with Gasteiger partial charge >= 0.3 is 0 Å². The number of hydrogen-bond acceptors (Lipinski definition) is 3. The molecular weight excluding hydrogens is 252 g/mol. The van der Waals surface area contributed by atoms with Crippen molar-refractivity contribution in [1.82, 2.24) is 10.6 Å². The first kappa shape index (κ1) is 16.5. The van der Waals surface area contributed by atoms with Crippen LogP contribution >= 0.6 is 0 Å². The van der Waals surface area contributed by atoms with E-state index < -0.39 is 0 Å². The van der Waals surface area contributed by atoms with Gasteiger partial charge < -0.3 is 15.4 Å². The Hall–Kier alpha value is -1.55. The fourth-order valence-electron chi connectivity index (χ4n) is 1.84. The Labute approximate surface area is 121 Å². The van der Waals surface area contributed by atoms with Crippen LogP contribution in [0.1, 0.15) is 45.7 Å². The van der Waals surface area contributed by atoms with Crippen molar-refractivity contribution >= 4 is 5.91 Å². The maximum atomic E-state index is 11.9. The number of carbonyl (C=O) groups excluding carboxylic acids is 1. The molecule has 0 fully saturated rings. The summed E-state index contributed by atoms with van der Waals surface area (Å²) in [5.74, 6) is 0.881. The van der Waals surface area contributed by atoms with Gasteiger partial charge in [0.15, 0.2) is 0 Å². The number of benzene rings is 1. The number of carbonyl (C=O) groups is 1. The van der Waals surface area contributed by atoms with Gasteiger partial charge in [0.2, 0.25) is 5.91 Å². The highest BCUT2D eigenvalue weighted by Gasteiger charge is 2.12. The molecule has 0 radical (unpaired) electrons. The van der Waals surface area contributed by atoms with Crippen LogP contribution in [0.5, 0.6) is 5.75 Å². The molecule has 0 unspecified atom stereocenters. The monoisotopic (exact) mass is 278 g/mol. The molecule has 4 heteroatoms. The van der Waals surface area contributed by atoms with E-state index in [1.807, 2.05) is 31.2 Å². The fraction of sp³-hybridized carbons (Fsp3) is 0.562. The van der Waals surface area contributed by atoms with E-state index in [2.05, 4.69) is 31.4 Å². The van der Waals surface area contributed by atoms with E-state index in [4.69, 9.17) is 4.74 Å². The Kier molecular flexibility index (Phi) is 6.02. The largest absolute Gasteiger partial charge is 0.497 e. The highest BCUT2D eigenvalue weighted by atomic mass is 16.5. The van der Waals surface area contributed by atoms with Crippen molar-refractivity contribution < 1.29 is 9.53 Å². The smallest absolute Gasteiger partial charge is 0.221 e. The Morgan fingerprint density at radius 2 is 1.85 bits per heavy atom. The lowest BCUT2D eigenvalue weighted by molar-refractivity contribution is -0.121. The second kappa shape index (κ2) is 7.29. The van der Waals surface area contributed by atoms with Crippen molar-refractivity contribution in [3.05, 3.63) is 29.8 Å². The number of rotatable bonds is 6. The SMILES string of the molecule is COc1ccc([C@H](C)NC(=O)CCNC(C)(C)C)cc1. The molecule has 1 amide bonds. The fourth-order valence-corrected chi connectivity index (χ4v) is 1.84. The van der Waals surface area contributed by atoms with Gasteiger partial charge in [-0.1, -0.05) is 12.1 Å². The average Bonchev–Trinajstić information content (AvgIpc) is 2.37. The van der Waals surface area contributed by atoms with Crippen LogP contribution < -0.4 is 15.4 Å². The van der Waals surface area contributed by atoms with Gasteiger partial charge in [0.1, 0.15) is 5.75 Å². The second-order valence-corrected chi connectivity index (χ2v) is 5.99. The molecule has 112 valence electrons. The highest BCUT2D eigenvalue weighted by molar-refractivity contribution is 5.76. The van der Waals surface area contributed by atoms with Gasteiger partial charge in [0, 0.05) is 18.5 Å². The third-order valence-electron chi connectivity index (χ3n) is 3.00. The molecule has 0 saturated carbocycles. The van der Waals surface area contributed by atoms with Gasteiger partial charge in [-0.25, -0.2) is 0 Å². The van der Waals surface area contributed by atoms with E-state index in [0.29, 0.717) is 13.0 Å². The Morgan fingerprint density at radius 1 is 1.25 bits per heavy atom. The summed E-state index contributed by atoms with van der Waals surface area (Å²) >= 11 is 0. The molecular formula is C16H26N2O2. The number of nitrogens with one attached hydrogen (secondary N) is 2. The molecule has 20 heavy (non-hydrogen) atoms. The van der Waals surface area contributed by atoms with E-state index in [0.717, 1.165) is 11.3 Å².